The summed E-state index contributed by atoms with van der Waals surface area (Å²) in [5.74, 6) is 0.894. The number of halogens is 1. The zero-order valence-corrected chi connectivity index (χ0v) is 11.2. The zero-order valence-electron chi connectivity index (χ0n) is 8.03. The molecule has 2 rings (SSSR count). The number of hydrogen-bond donors (Lipinski definition) is 1. The first-order valence-corrected chi connectivity index (χ1v) is 6.79. The van der Waals surface area contributed by atoms with Crippen molar-refractivity contribution in [1.82, 2.24) is 13.7 Å². The molecule has 0 radical (unpaired) electrons. The molecule has 1 N–H and O–H groups in total. The van der Waals surface area contributed by atoms with E-state index < -0.39 is 0 Å². The van der Waals surface area contributed by atoms with Crippen molar-refractivity contribution in [3.8, 4) is 0 Å². The van der Waals surface area contributed by atoms with Crippen molar-refractivity contribution in [3.05, 3.63) is 21.4 Å². The largest absolute Gasteiger partial charge is 0.355 e. The van der Waals surface area contributed by atoms with Gasteiger partial charge in [0.05, 0.1) is 22.1 Å². The van der Waals surface area contributed by atoms with Gasteiger partial charge >= 0.3 is 0 Å². The number of rotatable bonds is 4. The number of aryl methyl sites for hydroxylation is 1. The summed E-state index contributed by atoms with van der Waals surface area (Å²) in [7, 11) is 0. The Morgan fingerprint density at radius 2 is 2.33 bits per heavy atom. The smallest absolute Gasteiger partial charge is 0.202 e. The summed E-state index contributed by atoms with van der Waals surface area (Å²) >= 11 is 6.31. The molecule has 0 aliphatic heterocycles. The van der Waals surface area contributed by atoms with E-state index in [9.17, 15) is 0 Å². The molecule has 80 valence electrons. The molecule has 15 heavy (non-hydrogen) atoms. The molecule has 2 aromatic rings. The number of nitrogens with one attached hydrogen (secondary N) is 1. The van der Waals surface area contributed by atoms with Crippen LogP contribution in [0.25, 0.3) is 0 Å². The fraction of sp³-hybridized carbons (Fsp3) is 0.375. The number of aromatic nitrogens is 3. The summed E-state index contributed by atoms with van der Waals surface area (Å²) in [5.41, 5.74) is 0. The molecule has 2 aromatic heterocycles. The van der Waals surface area contributed by atoms with Crippen LogP contribution in [-0.4, -0.2) is 13.7 Å². The summed E-state index contributed by atoms with van der Waals surface area (Å²) in [5, 5.41) is 4.10. The van der Waals surface area contributed by atoms with Crippen molar-refractivity contribution >= 4 is 44.1 Å². The average Bonchev–Trinajstić information content (AvgIpc) is 2.84. The quantitative estimate of drug-likeness (QED) is 0.943. The number of nitrogens with zero attached hydrogens (tertiary/aromatic N) is 3. The predicted octanol–water partition coefficient (Wildman–Crippen LogP) is 2.93. The van der Waals surface area contributed by atoms with Crippen LogP contribution < -0.4 is 5.32 Å². The molecule has 0 saturated carbocycles. The molecule has 0 amide bonds. The van der Waals surface area contributed by atoms with Crippen LogP contribution >= 0.6 is 39.0 Å². The van der Waals surface area contributed by atoms with Gasteiger partial charge in [-0.15, -0.1) is 0 Å². The van der Waals surface area contributed by atoms with Crippen LogP contribution in [-0.2, 0) is 13.0 Å². The Labute approximate surface area is 104 Å². The normalized spacial score (nSPS) is 10.5. The van der Waals surface area contributed by atoms with Gasteiger partial charge in [0, 0.05) is 18.0 Å². The minimum Gasteiger partial charge on any atom is -0.355 e. The standard InChI is InChI=1S/C8H9BrN4S2/c1-2-7-12-8(15-13-7)10-4-6-5(9)3-11-14-6/h3H,2,4H2,1H3,(H,10,12,13). The Morgan fingerprint density at radius 1 is 1.47 bits per heavy atom. The minimum absolute atomic E-state index is 0.740. The third kappa shape index (κ3) is 2.73. The van der Waals surface area contributed by atoms with E-state index in [2.05, 4.69) is 35.0 Å². The SMILES string of the molecule is CCc1nsc(NCc2sncc2Br)n1. The minimum atomic E-state index is 0.740. The molecule has 0 aliphatic rings. The fourth-order valence-corrected chi connectivity index (χ4v) is 2.80. The van der Waals surface area contributed by atoms with Gasteiger partial charge in [0.1, 0.15) is 5.82 Å². The van der Waals surface area contributed by atoms with Crippen molar-refractivity contribution in [2.45, 2.75) is 19.9 Å². The van der Waals surface area contributed by atoms with E-state index in [1.165, 1.54) is 27.9 Å². The summed E-state index contributed by atoms with van der Waals surface area (Å²) in [4.78, 5) is 5.49. The van der Waals surface area contributed by atoms with Crippen LogP contribution in [0.5, 0.6) is 0 Å². The average molecular weight is 305 g/mol. The third-order valence-electron chi connectivity index (χ3n) is 1.78. The van der Waals surface area contributed by atoms with Gasteiger partial charge in [-0.25, -0.2) is 4.98 Å². The summed E-state index contributed by atoms with van der Waals surface area (Å²) < 4.78 is 9.32. The maximum atomic E-state index is 4.32. The molecule has 0 aliphatic carbocycles. The van der Waals surface area contributed by atoms with Crippen molar-refractivity contribution < 1.29 is 0 Å². The van der Waals surface area contributed by atoms with Crippen LogP contribution in [0.2, 0.25) is 0 Å². The van der Waals surface area contributed by atoms with Gasteiger partial charge in [-0.1, -0.05) is 6.92 Å². The Bertz CT molecular complexity index is 439. The Kier molecular flexibility index (Phi) is 3.66. The molecule has 0 atom stereocenters. The second-order valence-corrected chi connectivity index (χ2v) is 5.31. The molecule has 4 nitrogen and oxygen atoms in total. The predicted molar refractivity (Wildman–Crippen MR) is 66.4 cm³/mol. The molecule has 0 bridgehead atoms. The van der Waals surface area contributed by atoms with Gasteiger partial charge < -0.3 is 5.32 Å². The second kappa shape index (κ2) is 5.00. The topological polar surface area (TPSA) is 50.7 Å². The number of hydrogen-bond acceptors (Lipinski definition) is 6. The zero-order chi connectivity index (χ0) is 10.7. The lowest BCUT2D eigenvalue weighted by Crippen LogP contribution is -1.97. The van der Waals surface area contributed by atoms with E-state index in [-0.39, 0.29) is 0 Å². The summed E-state index contributed by atoms with van der Waals surface area (Å²) in [6, 6.07) is 0. The van der Waals surface area contributed by atoms with Crippen molar-refractivity contribution in [2.75, 3.05) is 5.32 Å². The first-order chi connectivity index (χ1) is 7.29. The fourth-order valence-electron chi connectivity index (χ4n) is 0.994. The monoisotopic (exact) mass is 304 g/mol. The maximum absolute atomic E-state index is 4.32. The van der Waals surface area contributed by atoms with Gasteiger partial charge in [0.15, 0.2) is 0 Å². The lowest BCUT2D eigenvalue weighted by molar-refractivity contribution is 0.994. The highest BCUT2D eigenvalue weighted by atomic mass is 79.9. The van der Waals surface area contributed by atoms with E-state index in [1.54, 1.807) is 6.20 Å². The lowest BCUT2D eigenvalue weighted by atomic mass is 10.5. The van der Waals surface area contributed by atoms with Gasteiger partial charge in [0.2, 0.25) is 5.13 Å². The van der Waals surface area contributed by atoms with Gasteiger partial charge in [-0.3, -0.25) is 0 Å². The molecule has 0 spiro atoms. The molecule has 0 unspecified atom stereocenters. The van der Waals surface area contributed by atoms with Crippen LogP contribution in [0, 0.1) is 0 Å². The Morgan fingerprint density at radius 3 is 2.93 bits per heavy atom. The lowest BCUT2D eigenvalue weighted by Gasteiger charge is -1.98. The highest BCUT2D eigenvalue weighted by Crippen LogP contribution is 2.21. The highest BCUT2D eigenvalue weighted by Gasteiger charge is 2.05. The van der Waals surface area contributed by atoms with Crippen LogP contribution in [0.15, 0.2) is 10.7 Å². The first kappa shape index (κ1) is 11.0. The van der Waals surface area contributed by atoms with Crippen molar-refractivity contribution in [1.29, 1.82) is 0 Å². The van der Waals surface area contributed by atoms with Crippen molar-refractivity contribution in [3.63, 3.8) is 0 Å². The molecular weight excluding hydrogens is 296 g/mol. The third-order valence-corrected chi connectivity index (χ3v) is 4.23. The highest BCUT2D eigenvalue weighted by molar-refractivity contribution is 9.10. The molecule has 0 aromatic carbocycles. The van der Waals surface area contributed by atoms with E-state index >= 15 is 0 Å². The molecular formula is C8H9BrN4S2. The first-order valence-electron chi connectivity index (χ1n) is 4.45. The van der Waals surface area contributed by atoms with Gasteiger partial charge in [0.25, 0.3) is 0 Å². The number of anilines is 1. The summed E-state index contributed by atoms with van der Waals surface area (Å²) in [6.07, 6.45) is 2.68. The summed E-state index contributed by atoms with van der Waals surface area (Å²) in [6.45, 7) is 2.79. The molecule has 0 saturated heterocycles. The van der Waals surface area contributed by atoms with Gasteiger partial charge in [-0.05, 0) is 27.5 Å². The van der Waals surface area contributed by atoms with E-state index in [4.69, 9.17) is 0 Å². The van der Waals surface area contributed by atoms with E-state index in [1.807, 2.05) is 6.92 Å². The van der Waals surface area contributed by atoms with E-state index in [0.29, 0.717) is 0 Å². The van der Waals surface area contributed by atoms with Crippen molar-refractivity contribution in [2.24, 2.45) is 0 Å². The molecule has 2 heterocycles. The molecule has 0 fully saturated rings. The van der Waals surface area contributed by atoms with Crippen LogP contribution in [0.3, 0.4) is 0 Å². The van der Waals surface area contributed by atoms with E-state index in [0.717, 1.165) is 28.4 Å². The molecule has 7 heteroatoms. The van der Waals surface area contributed by atoms with Gasteiger partial charge in [-0.2, -0.15) is 8.75 Å². The maximum Gasteiger partial charge on any atom is 0.202 e. The Balaban J connectivity index is 1.96. The Hall–Kier alpha value is -0.530. The second-order valence-electron chi connectivity index (χ2n) is 2.82. The van der Waals surface area contributed by atoms with Crippen LogP contribution in [0.1, 0.15) is 17.6 Å². The van der Waals surface area contributed by atoms with Crippen LogP contribution in [0.4, 0.5) is 5.13 Å².